The second-order valence-corrected chi connectivity index (χ2v) is 8.68. The first-order valence-electron chi connectivity index (χ1n) is 8.87. The lowest BCUT2D eigenvalue weighted by atomic mass is 10.1. The SMILES string of the molecule is Cc1ccc(NC(=O)c2cccc(S(=O)(=O)N3CCCCC3)c2)cc1C. The van der Waals surface area contributed by atoms with Crippen molar-refractivity contribution in [3.05, 3.63) is 59.2 Å². The molecule has 3 rings (SSSR count). The lowest BCUT2D eigenvalue weighted by molar-refractivity contribution is 0.102. The van der Waals surface area contributed by atoms with Crippen LogP contribution in [0, 0.1) is 13.8 Å². The summed E-state index contributed by atoms with van der Waals surface area (Å²) in [5.74, 6) is -0.316. The molecule has 1 aliphatic rings. The van der Waals surface area contributed by atoms with Gasteiger partial charge in [-0.25, -0.2) is 8.42 Å². The number of benzene rings is 2. The maximum Gasteiger partial charge on any atom is 0.255 e. The van der Waals surface area contributed by atoms with Crippen LogP contribution in [0.1, 0.15) is 40.7 Å². The zero-order chi connectivity index (χ0) is 18.7. The van der Waals surface area contributed by atoms with E-state index in [9.17, 15) is 13.2 Å². The van der Waals surface area contributed by atoms with Gasteiger partial charge in [0.25, 0.3) is 5.91 Å². The molecule has 0 saturated carbocycles. The molecule has 1 amide bonds. The molecule has 1 N–H and O–H groups in total. The Kier molecular flexibility index (Phi) is 5.44. The zero-order valence-corrected chi connectivity index (χ0v) is 16.0. The number of nitrogens with one attached hydrogen (secondary N) is 1. The van der Waals surface area contributed by atoms with Gasteiger partial charge in [-0.3, -0.25) is 4.79 Å². The third-order valence-corrected chi connectivity index (χ3v) is 6.71. The molecule has 2 aromatic carbocycles. The van der Waals surface area contributed by atoms with E-state index < -0.39 is 10.0 Å². The monoisotopic (exact) mass is 372 g/mol. The molecule has 1 heterocycles. The van der Waals surface area contributed by atoms with Gasteiger partial charge in [0.2, 0.25) is 10.0 Å². The first-order chi connectivity index (χ1) is 12.4. The maximum atomic E-state index is 12.8. The number of carbonyl (C=O) groups excluding carboxylic acids is 1. The number of piperidine rings is 1. The molecule has 138 valence electrons. The van der Waals surface area contributed by atoms with Crippen molar-refractivity contribution in [2.75, 3.05) is 18.4 Å². The average Bonchev–Trinajstić information content (AvgIpc) is 2.65. The molecule has 0 radical (unpaired) electrons. The van der Waals surface area contributed by atoms with Crippen LogP contribution in [-0.2, 0) is 10.0 Å². The quantitative estimate of drug-likeness (QED) is 0.889. The number of amides is 1. The lowest BCUT2D eigenvalue weighted by Gasteiger charge is -2.26. The molecule has 6 heteroatoms. The van der Waals surface area contributed by atoms with E-state index in [1.165, 1.54) is 10.4 Å². The van der Waals surface area contributed by atoms with Crippen LogP contribution in [0.2, 0.25) is 0 Å². The van der Waals surface area contributed by atoms with Crippen molar-refractivity contribution >= 4 is 21.6 Å². The zero-order valence-electron chi connectivity index (χ0n) is 15.2. The van der Waals surface area contributed by atoms with Gasteiger partial charge in [-0.05, 0) is 68.1 Å². The Bertz CT molecular complexity index is 916. The summed E-state index contributed by atoms with van der Waals surface area (Å²) in [4.78, 5) is 12.7. The molecule has 1 saturated heterocycles. The first-order valence-corrected chi connectivity index (χ1v) is 10.3. The lowest BCUT2D eigenvalue weighted by Crippen LogP contribution is -2.35. The van der Waals surface area contributed by atoms with E-state index in [4.69, 9.17) is 0 Å². The van der Waals surface area contributed by atoms with Gasteiger partial charge in [0.15, 0.2) is 0 Å². The number of hydrogen-bond donors (Lipinski definition) is 1. The molecule has 5 nitrogen and oxygen atoms in total. The number of aryl methyl sites for hydroxylation is 2. The van der Waals surface area contributed by atoms with Gasteiger partial charge in [0.1, 0.15) is 0 Å². The highest BCUT2D eigenvalue weighted by Gasteiger charge is 2.26. The average molecular weight is 372 g/mol. The predicted molar refractivity (Wildman–Crippen MR) is 103 cm³/mol. The van der Waals surface area contributed by atoms with Crippen LogP contribution in [-0.4, -0.2) is 31.7 Å². The summed E-state index contributed by atoms with van der Waals surface area (Å²) in [6, 6.07) is 12.0. The van der Waals surface area contributed by atoms with Crippen LogP contribution >= 0.6 is 0 Å². The number of rotatable bonds is 4. The highest BCUT2D eigenvalue weighted by molar-refractivity contribution is 7.89. The van der Waals surface area contributed by atoms with E-state index >= 15 is 0 Å². The smallest absolute Gasteiger partial charge is 0.255 e. The third kappa shape index (κ3) is 3.97. The molecule has 26 heavy (non-hydrogen) atoms. The Morgan fingerprint density at radius 1 is 0.962 bits per heavy atom. The van der Waals surface area contributed by atoms with E-state index in [0.29, 0.717) is 24.3 Å². The fourth-order valence-electron chi connectivity index (χ4n) is 3.07. The van der Waals surface area contributed by atoms with Crippen LogP contribution in [0.15, 0.2) is 47.4 Å². The summed E-state index contributed by atoms with van der Waals surface area (Å²) in [5.41, 5.74) is 3.27. The van der Waals surface area contributed by atoms with Gasteiger partial charge in [-0.2, -0.15) is 4.31 Å². The molecule has 1 aliphatic heterocycles. The van der Waals surface area contributed by atoms with E-state index in [-0.39, 0.29) is 10.8 Å². The number of nitrogens with zero attached hydrogens (tertiary/aromatic N) is 1. The van der Waals surface area contributed by atoms with Crippen molar-refractivity contribution in [1.82, 2.24) is 4.31 Å². The second-order valence-electron chi connectivity index (χ2n) is 6.75. The van der Waals surface area contributed by atoms with Crippen LogP contribution < -0.4 is 5.32 Å². The van der Waals surface area contributed by atoms with Gasteiger partial charge < -0.3 is 5.32 Å². The molecule has 0 atom stereocenters. The summed E-state index contributed by atoms with van der Waals surface area (Å²) in [7, 11) is -3.55. The normalized spacial score (nSPS) is 15.6. The molecule has 2 aromatic rings. The van der Waals surface area contributed by atoms with Crippen molar-refractivity contribution in [3.63, 3.8) is 0 Å². The number of sulfonamides is 1. The number of anilines is 1. The largest absolute Gasteiger partial charge is 0.322 e. The topological polar surface area (TPSA) is 66.5 Å². The molecule has 1 fully saturated rings. The highest BCUT2D eigenvalue weighted by Crippen LogP contribution is 2.22. The molecular weight excluding hydrogens is 348 g/mol. The number of hydrogen-bond acceptors (Lipinski definition) is 3. The summed E-state index contributed by atoms with van der Waals surface area (Å²) >= 11 is 0. The summed E-state index contributed by atoms with van der Waals surface area (Å²) in [6.45, 7) is 5.08. The molecule has 0 aliphatic carbocycles. The second kappa shape index (κ2) is 7.60. The molecule has 0 aromatic heterocycles. The predicted octanol–water partition coefficient (Wildman–Crippen LogP) is 3.73. The Morgan fingerprint density at radius 2 is 1.69 bits per heavy atom. The molecule has 0 unspecified atom stereocenters. The Hall–Kier alpha value is -2.18. The molecule has 0 spiro atoms. The van der Waals surface area contributed by atoms with E-state index in [1.54, 1.807) is 18.2 Å². The standard InChI is InChI=1S/C20H24N2O3S/c1-15-9-10-18(13-16(15)2)21-20(23)17-7-6-8-19(14-17)26(24,25)22-11-4-3-5-12-22/h6-10,13-14H,3-5,11-12H2,1-2H3,(H,21,23). The Morgan fingerprint density at radius 3 is 2.38 bits per heavy atom. The van der Waals surface area contributed by atoms with E-state index in [2.05, 4.69) is 5.32 Å². The van der Waals surface area contributed by atoms with E-state index in [1.807, 2.05) is 32.0 Å². The van der Waals surface area contributed by atoms with Crippen molar-refractivity contribution in [1.29, 1.82) is 0 Å². The summed E-state index contributed by atoms with van der Waals surface area (Å²) in [5, 5.41) is 2.84. The maximum absolute atomic E-state index is 12.8. The first kappa shape index (κ1) is 18.6. The molecular formula is C20H24N2O3S. The highest BCUT2D eigenvalue weighted by atomic mass is 32.2. The Labute approximate surface area is 155 Å². The van der Waals surface area contributed by atoms with Gasteiger partial charge in [0, 0.05) is 24.3 Å². The number of carbonyl (C=O) groups is 1. The molecule has 0 bridgehead atoms. The summed E-state index contributed by atoms with van der Waals surface area (Å²) < 4.78 is 27.1. The van der Waals surface area contributed by atoms with Crippen molar-refractivity contribution in [3.8, 4) is 0 Å². The van der Waals surface area contributed by atoms with Gasteiger partial charge in [0.05, 0.1) is 4.90 Å². The minimum absolute atomic E-state index is 0.173. The van der Waals surface area contributed by atoms with Crippen molar-refractivity contribution in [2.24, 2.45) is 0 Å². The van der Waals surface area contributed by atoms with Crippen LogP contribution in [0.25, 0.3) is 0 Å². The van der Waals surface area contributed by atoms with Gasteiger partial charge >= 0.3 is 0 Å². The van der Waals surface area contributed by atoms with Crippen molar-refractivity contribution in [2.45, 2.75) is 38.0 Å². The fourth-order valence-corrected chi connectivity index (χ4v) is 4.64. The van der Waals surface area contributed by atoms with Crippen LogP contribution in [0.5, 0.6) is 0 Å². The fraction of sp³-hybridized carbons (Fsp3) is 0.350. The van der Waals surface area contributed by atoms with Crippen LogP contribution in [0.3, 0.4) is 0 Å². The van der Waals surface area contributed by atoms with Gasteiger partial charge in [-0.15, -0.1) is 0 Å². The minimum Gasteiger partial charge on any atom is -0.322 e. The van der Waals surface area contributed by atoms with Gasteiger partial charge in [-0.1, -0.05) is 18.6 Å². The van der Waals surface area contributed by atoms with Crippen LogP contribution in [0.4, 0.5) is 5.69 Å². The Balaban J connectivity index is 1.82. The summed E-state index contributed by atoms with van der Waals surface area (Å²) in [6.07, 6.45) is 2.82. The van der Waals surface area contributed by atoms with E-state index in [0.717, 1.165) is 30.4 Å². The third-order valence-electron chi connectivity index (χ3n) is 4.81. The minimum atomic E-state index is -3.55. The van der Waals surface area contributed by atoms with Crippen molar-refractivity contribution < 1.29 is 13.2 Å².